The molecule has 0 aliphatic carbocycles. The molecular formula is C15H19N3O. The SMILES string of the molecule is COc1ccc(N(C)c2ncc(CN)cc2C)cc1. The van der Waals surface area contributed by atoms with E-state index in [0.717, 1.165) is 28.4 Å². The average Bonchev–Trinajstić information content (AvgIpc) is 2.46. The lowest BCUT2D eigenvalue weighted by atomic mass is 10.2. The molecule has 0 unspecified atom stereocenters. The largest absolute Gasteiger partial charge is 0.497 e. The second kappa shape index (κ2) is 5.71. The number of hydrogen-bond donors (Lipinski definition) is 1. The number of rotatable bonds is 4. The average molecular weight is 257 g/mol. The Kier molecular flexibility index (Phi) is 4.02. The number of aromatic nitrogens is 1. The van der Waals surface area contributed by atoms with Crippen LogP contribution in [0.2, 0.25) is 0 Å². The smallest absolute Gasteiger partial charge is 0.135 e. The zero-order valence-corrected chi connectivity index (χ0v) is 11.6. The summed E-state index contributed by atoms with van der Waals surface area (Å²) in [5, 5.41) is 0. The Labute approximate surface area is 113 Å². The molecule has 0 aliphatic heterocycles. The lowest BCUT2D eigenvalue weighted by molar-refractivity contribution is 0.415. The van der Waals surface area contributed by atoms with Crippen LogP contribution < -0.4 is 15.4 Å². The molecule has 19 heavy (non-hydrogen) atoms. The molecule has 0 bridgehead atoms. The molecular weight excluding hydrogens is 238 g/mol. The van der Waals surface area contributed by atoms with Gasteiger partial charge in [0.25, 0.3) is 0 Å². The van der Waals surface area contributed by atoms with Crippen molar-refractivity contribution in [3.05, 3.63) is 47.7 Å². The van der Waals surface area contributed by atoms with Crippen LogP contribution in [0.3, 0.4) is 0 Å². The van der Waals surface area contributed by atoms with Crippen LogP contribution in [0.1, 0.15) is 11.1 Å². The van der Waals surface area contributed by atoms with E-state index in [1.54, 1.807) is 7.11 Å². The number of nitrogens with two attached hydrogens (primary N) is 1. The number of methoxy groups -OCH3 is 1. The summed E-state index contributed by atoms with van der Waals surface area (Å²) >= 11 is 0. The first-order valence-electron chi connectivity index (χ1n) is 6.19. The van der Waals surface area contributed by atoms with Crippen molar-refractivity contribution < 1.29 is 4.74 Å². The molecule has 100 valence electrons. The highest BCUT2D eigenvalue weighted by Crippen LogP contribution is 2.26. The van der Waals surface area contributed by atoms with Crippen LogP contribution in [0, 0.1) is 6.92 Å². The maximum Gasteiger partial charge on any atom is 0.135 e. The molecule has 0 aliphatic rings. The highest BCUT2D eigenvalue weighted by atomic mass is 16.5. The molecule has 2 rings (SSSR count). The number of pyridine rings is 1. The van der Waals surface area contributed by atoms with Crippen molar-refractivity contribution in [1.29, 1.82) is 0 Å². The van der Waals surface area contributed by atoms with E-state index in [2.05, 4.69) is 16.0 Å². The second-order valence-corrected chi connectivity index (χ2v) is 4.45. The fourth-order valence-electron chi connectivity index (χ4n) is 2.02. The Morgan fingerprint density at radius 2 is 1.95 bits per heavy atom. The number of aryl methyl sites for hydroxylation is 1. The van der Waals surface area contributed by atoms with Crippen LogP contribution in [-0.2, 0) is 6.54 Å². The number of benzene rings is 1. The van der Waals surface area contributed by atoms with E-state index < -0.39 is 0 Å². The van der Waals surface area contributed by atoms with Crippen molar-refractivity contribution in [2.24, 2.45) is 5.73 Å². The van der Waals surface area contributed by atoms with Crippen molar-refractivity contribution in [3.63, 3.8) is 0 Å². The van der Waals surface area contributed by atoms with E-state index >= 15 is 0 Å². The molecule has 4 nitrogen and oxygen atoms in total. The van der Waals surface area contributed by atoms with Gasteiger partial charge in [0.2, 0.25) is 0 Å². The Hall–Kier alpha value is -2.07. The lowest BCUT2D eigenvalue weighted by Crippen LogP contribution is -2.13. The first-order valence-corrected chi connectivity index (χ1v) is 6.19. The topological polar surface area (TPSA) is 51.4 Å². The van der Waals surface area contributed by atoms with Crippen LogP contribution in [-0.4, -0.2) is 19.1 Å². The van der Waals surface area contributed by atoms with Crippen molar-refractivity contribution in [2.45, 2.75) is 13.5 Å². The molecule has 0 saturated heterocycles. The minimum atomic E-state index is 0.514. The number of hydrogen-bond acceptors (Lipinski definition) is 4. The van der Waals surface area contributed by atoms with E-state index in [4.69, 9.17) is 10.5 Å². The van der Waals surface area contributed by atoms with Crippen LogP contribution in [0.5, 0.6) is 5.75 Å². The van der Waals surface area contributed by atoms with Crippen LogP contribution >= 0.6 is 0 Å². The first kappa shape index (κ1) is 13.4. The zero-order valence-electron chi connectivity index (χ0n) is 11.6. The molecule has 0 fully saturated rings. The van der Waals surface area contributed by atoms with Crippen LogP contribution in [0.25, 0.3) is 0 Å². The highest BCUT2D eigenvalue weighted by molar-refractivity contribution is 5.62. The number of nitrogens with zero attached hydrogens (tertiary/aromatic N) is 2. The molecule has 1 heterocycles. The van der Waals surface area contributed by atoms with E-state index in [0.29, 0.717) is 6.54 Å². The van der Waals surface area contributed by atoms with Gasteiger partial charge in [-0.15, -0.1) is 0 Å². The van der Waals surface area contributed by atoms with Gasteiger partial charge in [0.15, 0.2) is 0 Å². The molecule has 2 N–H and O–H groups in total. The number of anilines is 2. The Balaban J connectivity index is 2.29. The van der Waals surface area contributed by atoms with E-state index in [1.165, 1.54) is 0 Å². The van der Waals surface area contributed by atoms with Gasteiger partial charge < -0.3 is 15.4 Å². The van der Waals surface area contributed by atoms with Gasteiger partial charge in [-0.05, 0) is 48.4 Å². The maximum atomic E-state index is 5.62. The molecule has 4 heteroatoms. The van der Waals surface area contributed by atoms with Gasteiger partial charge in [-0.25, -0.2) is 4.98 Å². The van der Waals surface area contributed by atoms with Crippen molar-refractivity contribution in [3.8, 4) is 5.75 Å². The minimum absolute atomic E-state index is 0.514. The predicted molar refractivity (Wildman–Crippen MR) is 77.9 cm³/mol. The van der Waals surface area contributed by atoms with Gasteiger partial charge in [-0.1, -0.05) is 0 Å². The second-order valence-electron chi connectivity index (χ2n) is 4.45. The zero-order chi connectivity index (χ0) is 13.8. The number of ether oxygens (including phenoxy) is 1. The summed E-state index contributed by atoms with van der Waals surface area (Å²) in [6.07, 6.45) is 1.82. The summed E-state index contributed by atoms with van der Waals surface area (Å²) < 4.78 is 5.16. The molecule has 1 aromatic carbocycles. The first-order chi connectivity index (χ1) is 9.15. The van der Waals surface area contributed by atoms with Gasteiger partial charge in [-0.2, -0.15) is 0 Å². The maximum absolute atomic E-state index is 5.62. The Morgan fingerprint density at radius 3 is 2.47 bits per heavy atom. The molecule has 0 spiro atoms. The van der Waals surface area contributed by atoms with Crippen molar-refractivity contribution >= 4 is 11.5 Å². The third-order valence-electron chi connectivity index (χ3n) is 3.12. The monoisotopic (exact) mass is 257 g/mol. The summed E-state index contributed by atoms with van der Waals surface area (Å²) in [6.45, 7) is 2.56. The van der Waals surface area contributed by atoms with Gasteiger partial charge in [0.05, 0.1) is 7.11 Å². The summed E-state index contributed by atoms with van der Waals surface area (Å²) in [6, 6.07) is 9.97. The Bertz CT molecular complexity index is 552. The minimum Gasteiger partial charge on any atom is -0.497 e. The third kappa shape index (κ3) is 2.85. The van der Waals surface area contributed by atoms with E-state index in [-0.39, 0.29) is 0 Å². The third-order valence-corrected chi connectivity index (χ3v) is 3.12. The molecule has 0 atom stereocenters. The quantitative estimate of drug-likeness (QED) is 0.914. The van der Waals surface area contributed by atoms with Gasteiger partial charge >= 0.3 is 0 Å². The van der Waals surface area contributed by atoms with Crippen molar-refractivity contribution in [2.75, 3.05) is 19.1 Å². The van der Waals surface area contributed by atoms with E-state index in [9.17, 15) is 0 Å². The summed E-state index contributed by atoms with van der Waals surface area (Å²) in [4.78, 5) is 6.53. The standard InChI is InChI=1S/C15H19N3O/c1-11-8-12(9-16)10-17-15(11)18(2)13-4-6-14(19-3)7-5-13/h4-8,10H,9,16H2,1-3H3. The van der Waals surface area contributed by atoms with Crippen LogP contribution in [0.15, 0.2) is 36.5 Å². The summed E-state index contributed by atoms with van der Waals surface area (Å²) in [5.41, 5.74) is 8.85. The fraction of sp³-hybridized carbons (Fsp3) is 0.267. The summed E-state index contributed by atoms with van der Waals surface area (Å²) in [7, 11) is 3.66. The molecule has 0 saturated carbocycles. The fourth-order valence-corrected chi connectivity index (χ4v) is 2.02. The van der Waals surface area contributed by atoms with Gasteiger partial charge in [0.1, 0.15) is 11.6 Å². The molecule has 1 aromatic heterocycles. The van der Waals surface area contributed by atoms with Gasteiger partial charge in [0, 0.05) is 25.5 Å². The van der Waals surface area contributed by atoms with Crippen LogP contribution in [0.4, 0.5) is 11.5 Å². The molecule has 0 radical (unpaired) electrons. The van der Waals surface area contributed by atoms with Gasteiger partial charge in [-0.3, -0.25) is 0 Å². The predicted octanol–water partition coefficient (Wildman–Crippen LogP) is 2.63. The lowest BCUT2D eigenvalue weighted by Gasteiger charge is -2.21. The Morgan fingerprint density at radius 1 is 1.26 bits per heavy atom. The highest BCUT2D eigenvalue weighted by Gasteiger charge is 2.09. The van der Waals surface area contributed by atoms with E-state index in [1.807, 2.05) is 44.4 Å². The molecule has 2 aromatic rings. The van der Waals surface area contributed by atoms with Crippen molar-refractivity contribution in [1.82, 2.24) is 4.98 Å². The summed E-state index contributed by atoms with van der Waals surface area (Å²) in [5.74, 6) is 1.78. The normalized spacial score (nSPS) is 10.3. The molecule has 0 amide bonds.